The van der Waals surface area contributed by atoms with Gasteiger partial charge in [0.25, 0.3) is 0 Å². The van der Waals surface area contributed by atoms with Crippen molar-refractivity contribution in [3.8, 4) is 73.2 Å². The number of hydrogen-bond acceptors (Lipinski definition) is 2. The first kappa shape index (κ1) is 52.0. The van der Waals surface area contributed by atoms with Crippen molar-refractivity contribution in [2.75, 3.05) is 0 Å². The number of para-hydroxylation sites is 5. The SMILES string of the molecule is [2H]c1c([2H])c([2H])c(-c2cccc(-c3cc(C(C)(C)C)cc(C(C)(C)C)c3)c2-n2[c](=[Pt])n3c4cc(Oc5ccc6c7ccccc7n(-c7cc(C(C)(C)C)ccn7)c6c5)ccc4n(-c4c(-c5ccccc5)cccc4-c4ccccc4)c4ccccc4c4cccc2c43)c([2H])c1[2H]. The molecule has 0 amide bonds. The van der Waals surface area contributed by atoms with Gasteiger partial charge in [0.15, 0.2) is 0 Å². The van der Waals surface area contributed by atoms with Gasteiger partial charge < -0.3 is 0 Å². The molecule has 0 aliphatic carbocycles. The number of imidazole rings is 1. The first-order valence-electron chi connectivity index (χ1n) is 33.6. The number of benzene rings is 11. The first-order valence-corrected chi connectivity index (χ1v) is 32.2. The third kappa shape index (κ3) is 10.1. The second kappa shape index (κ2) is 22.3. The van der Waals surface area contributed by atoms with Gasteiger partial charge in [0.05, 0.1) is 0 Å². The second-order valence-electron chi connectivity index (χ2n) is 26.8. The average molecular weight is 1370 g/mol. The molecule has 448 valence electrons. The van der Waals surface area contributed by atoms with Crippen LogP contribution >= 0.6 is 0 Å². The standard InChI is InChI=1S/C84H71N5O.Pt/c1-82(2,3)59-46-47-85-78(51-59)88-72-39-21-19-32-68(72)70-44-42-62(52-76(70)88)90-63-43-45-74-77(53-63)87-54-86(79-64(55-26-13-10-14-27-55)34-23-37-67(79)58-48-60(83(4,5)6)50-61(49-58)84(7,8)9)75-41-25-38-71(81(75)87)69-33-20-22-40-73(69)89(74)80-65(56-28-15-11-16-29-56)35-24-36-66(80)57-30-17-12-18-31-57;/h10-53H,1-9H3;/i10D,13D,14D,26D,27D;. The summed E-state index contributed by atoms with van der Waals surface area (Å²) in [7, 11) is 0. The van der Waals surface area contributed by atoms with Crippen LogP contribution in [-0.2, 0) is 35.6 Å². The molecule has 0 N–H and O–H groups in total. The number of hydrogen-bond donors (Lipinski definition) is 0. The maximum atomic E-state index is 9.70. The van der Waals surface area contributed by atoms with Gasteiger partial charge in [-0.15, -0.1) is 0 Å². The zero-order valence-corrected chi connectivity index (χ0v) is 54.7. The van der Waals surface area contributed by atoms with Gasteiger partial charge in [0.1, 0.15) is 0 Å². The van der Waals surface area contributed by atoms with Gasteiger partial charge in [-0.05, 0) is 17.0 Å². The zero-order chi connectivity index (χ0) is 66.9. The second-order valence-corrected chi connectivity index (χ2v) is 27.8. The molecule has 7 heteroatoms. The predicted octanol–water partition coefficient (Wildman–Crippen LogP) is 22.5. The Bertz CT molecular complexity index is 5660. The molecule has 15 rings (SSSR count). The van der Waals surface area contributed by atoms with Gasteiger partial charge in [0.2, 0.25) is 0 Å². The van der Waals surface area contributed by atoms with Gasteiger partial charge >= 0.3 is 497 Å². The molecule has 91 heavy (non-hydrogen) atoms. The topological polar surface area (TPSA) is 41.3 Å². The van der Waals surface area contributed by atoms with Crippen LogP contribution < -0.4 is 4.74 Å². The number of rotatable bonds is 9. The summed E-state index contributed by atoms with van der Waals surface area (Å²) in [5.74, 6) is 2.05. The van der Waals surface area contributed by atoms with Crippen LogP contribution in [0.25, 0.3) is 122 Å². The minimum atomic E-state index is -0.451. The van der Waals surface area contributed by atoms with Crippen molar-refractivity contribution >= 4 is 60.2 Å². The Kier molecular flexibility index (Phi) is 12.7. The van der Waals surface area contributed by atoms with Gasteiger partial charge in [-0.25, -0.2) is 0 Å². The Labute approximate surface area is 550 Å². The molecular formula is C84H71N5OPt. The summed E-state index contributed by atoms with van der Waals surface area (Å²) in [5.41, 5.74) is 17.4. The fraction of sp³-hybridized carbons (Fsp3) is 0.143. The Morgan fingerprint density at radius 3 is 1.46 bits per heavy atom. The van der Waals surface area contributed by atoms with E-state index in [0.717, 1.165) is 120 Å². The van der Waals surface area contributed by atoms with Crippen LogP contribution in [0.3, 0.4) is 0 Å². The molecular weight excluding hydrogens is 1290 g/mol. The van der Waals surface area contributed by atoms with Crippen molar-refractivity contribution in [2.24, 2.45) is 0 Å². The predicted molar refractivity (Wildman–Crippen MR) is 377 cm³/mol. The van der Waals surface area contributed by atoms with Gasteiger partial charge in [-0.2, -0.15) is 0 Å². The Hall–Kier alpha value is -9.87. The third-order valence-corrected chi connectivity index (χ3v) is 18.9. The molecule has 0 aliphatic heterocycles. The van der Waals surface area contributed by atoms with E-state index in [4.69, 9.17) is 13.8 Å². The third-order valence-electron chi connectivity index (χ3n) is 17.8. The van der Waals surface area contributed by atoms with Crippen LogP contribution in [0.2, 0.25) is 0 Å². The summed E-state index contributed by atoms with van der Waals surface area (Å²) >= 11 is 2.48. The summed E-state index contributed by atoms with van der Waals surface area (Å²) in [6.07, 6.45) is 1.90. The molecule has 0 radical (unpaired) electrons. The van der Waals surface area contributed by atoms with E-state index >= 15 is 0 Å². The minimum absolute atomic E-state index is 0.105. The molecule has 0 fully saturated rings. The fourth-order valence-electron chi connectivity index (χ4n) is 13.2. The molecule has 0 bridgehead atoms. The monoisotopic (exact) mass is 1370 g/mol. The van der Waals surface area contributed by atoms with E-state index < -0.39 is 18.1 Å². The van der Waals surface area contributed by atoms with Crippen LogP contribution in [0.1, 0.15) is 85.9 Å². The molecule has 4 heterocycles. The van der Waals surface area contributed by atoms with E-state index in [1.165, 1.54) is 5.56 Å². The quantitative estimate of drug-likeness (QED) is 0.145. The number of nitrogens with zero attached hydrogens (tertiary/aromatic N) is 5. The summed E-state index contributed by atoms with van der Waals surface area (Å²) in [6, 6.07) is 79.4. The van der Waals surface area contributed by atoms with Gasteiger partial charge in [0, 0.05) is 6.20 Å². The van der Waals surface area contributed by atoms with E-state index in [1.807, 2.05) is 18.3 Å². The molecule has 0 unspecified atom stereocenters. The van der Waals surface area contributed by atoms with Crippen LogP contribution in [0.5, 0.6) is 11.5 Å². The Balaban J connectivity index is 1.11. The summed E-state index contributed by atoms with van der Waals surface area (Å²) < 4.78 is 63.9. The van der Waals surface area contributed by atoms with E-state index in [9.17, 15) is 2.74 Å². The average Bonchev–Trinajstić information content (AvgIpc) is 1.51. The van der Waals surface area contributed by atoms with E-state index in [2.05, 4.69) is 318 Å². The molecule has 0 spiro atoms. The van der Waals surface area contributed by atoms with E-state index in [1.54, 1.807) is 0 Å². The van der Waals surface area contributed by atoms with Crippen LogP contribution in [0.4, 0.5) is 0 Å². The van der Waals surface area contributed by atoms with Crippen molar-refractivity contribution in [1.82, 2.24) is 23.1 Å². The molecule has 11 aromatic carbocycles. The van der Waals surface area contributed by atoms with Crippen LogP contribution in [-0.4, -0.2) is 23.1 Å². The number of aromatic nitrogens is 5. The molecule has 0 atom stereocenters. The van der Waals surface area contributed by atoms with Crippen molar-refractivity contribution in [1.29, 1.82) is 0 Å². The zero-order valence-electron chi connectivity index (χ0n) is 57.5. The fourth-order valence-corrected chi connectivity index (χ4v) is 14.3. The van der Waals surface area contributed by atoms with Crippen molar-refractivity contribution in [3.05, 3.63) is 287 Å². The normalized spacial score (nSPS) is 13.1. The van der Waals surface area contributed by atoms with Crippen LogP contribution in [0.15, 0.2) is 267 Å². The van der Waals surface area contributed by atoms with Gasteiger partial charge in [-0.3, -0.25) is 0 Å². The number of pyridine rings is 1. The molecule has 15 aromatic rings. The van der Waals surface area contributed by atoms with Crippen molar-refractivity contribution in [2.45, 2.75) is 78.6 Å². The van der Waals surface area contributed by atoms with E-state index in [0.29, 0.717) is 22.7 Å². The van der Waals surface area contributed by atoms with Crippen molar-refractivity contribution in [3.63, 3.8) is 0 Å². The number of ether oxygens (including phenoxy) is 1. The van der Waals surface area contributed by atoms with Crippen LogP contribution in [0, 0.1) is 3.80 Å². The summed E-state index contributed by atoms with van der Waals surface area (Å²) in [5, 5.41) is 4.12. The Morgan fingerprint density at radius 1 is 0.363 bits per heavy atom. The van der Waals surface area contributed by atoms with E-state index in [-0.39, 0.29) is 33.9 Å². The molecule has 4 aromatic heterocycles. The van der Waals surface area contributed by atoms with Gasteiger partial charge in [-0.1, -0.05) is 32.9 Å². The first-order chi connectivity index (χ1) is 46.0. The molecule has 0 saturated heterocycles. The Morgan fingerprint density at radius 2 is 0.846 bits per heavy atom. The molecule has 6 nitrogen and oxygen atoms in total. The molecule has 0 saturated carbocycles. The van der Waals surface area contributed by atoms with Crippen molar-refractivity contribution < 1.29 is 30.9 Å². The molecule has 0 aliphatic rings. The maximum absolute atomic E-state index is 9.70. The summed E-state index contributed by atoms with van der Waals surface area (Å²) in [6.45, 7) is 20.1. The number of fused-ring (bicyclic) bond motifs is 7. The summed E-state index contributed by atoms with van der Waals surface area (Å²) in [4.78, 5) is 5.00.